The lowest BCUT2D eigenvalue weighted by atomic mass is 10.1. The van der Waals surface area contributed by atoms with E-state index in [-0.39, 0.29) is 18.6 Å². The van der Waals surface area contributed by atoms with Gasteiger partial charge in [0.1, 0.15) is 12.4 Å². The van der Waals surface area contributed by atoms with Gasteiger partial charge in [0.15, 0.2) is 0 Å². The van der Waals surface area contributed by atoms with Gasteiger partial charge in [0, 0.05) is 12.1 Å². The summed E-state index contributed by atoms with van der Waals surface area (Å²) in [6.45, 7) is 4.81. The predicted octanol–water partition coefficient (Wildman–Crippen LogP) is 2.63. The number of hydrogen-bond acceptors (Lipinski definition) is 3. The second kappa shape index (κ2) is 7.84. The maximum absolute atomic E-state index is 12.6. The number of amides is 1. The lowest BCUT2D eigenvalue weighted by molar-refractivity contribution is 0.0600. The van der Waals surface area contributed by atoms with Crippen molar-refractivity contribution in [3.63, 3.8) is 0 Å². The molecule has 0 aromatic heterocycles. The first-order valence-electron chi connectivity index (χ1n) is 7.52. The molecule has 4 heteroatoms. The van der Waals surface area contributed by atoms with Crippen LogP contribution in [0.25, 0.3) is 0 Å². The van der Waals surface area contributed by atoms with E-state index < -0.39 is 0 Å². The molecule has 1 N–H and O–H groups in total. The van der Waals surface area contributed by atoms with Crippen molar-refractivity contribution in [1.29, 1.82) is 0 Å². The molecule has 1 amide bonds. The highest BCUT2D eigenvalue weighted by atomic mass is 16.5. The molecule has 1 aromatic carbocycles. The first-order chi connectivity index (χ1) is 10.3. The molecule has 0 radical (unpaired) electrons. The van der Waals surface area contributed by atoms with Crippen molar-refractivity contribution in [2.45, 2.75) is 31.7 Å². The number of aliphatic hydroxyl groups is 1. The van der Waals surface area contributed by atoms with Crippen LogP contribution in [0.2, 0.25) is 0 Å². The molecular weight excluding hydrogens is 266 g/mol. The SMILES string of the molecule is C=CCOc1ccc(C(=O)N2CCCCCC2CO)cc1. The van der Waals surface area contributed by atoms with Crippen LogP contribution in [0.1, 0.15) is 36.0 Å². The van der Waals surface area contributed by atoms with Crippen molar-refractivity contribution in [2.24, 2.45) is 0 Å². The molecule has 1 heterocycles. The number of hydrogen-bond donors (Lipinski definition) is 1. The zero-order chi connectivity index (χ0) is 15.1. The zero-order valence-corrected chi connectivity index (χ0v) is 12.3. The van der Waals surface area contributed by atoms with Crippen LogP contribution in [0.15, 0.2) is 36.9 Å². The zero-order valence-electron chi connectivity index (χ0n) is 12.3. The average Bonchev–Trinajstić information content (AvgIpc) is 2.78. The molecule has 1 aliphatic rings. The Morgan fingerprint density at radius 3 is 2.76 bits per heavy atom. The molecule has 4 nitrogen and oxygen atoms in total. The van der Waals surface area contributed by atoms with E-state index in [0.29, 0.717) is 12.2 Å². The average molecular weight is 289 g/mol. The highest BCUT2D eigenvalue weighted by Gasteiger charge is 2.25. The van der Waals surface area contributed by atoms with Crippen molar-refractivity contribution < 1.29 is 14.6 Å². The van der Waals surface area contributed by atoms with Crippen LogP contribution in [0.3, 0.4) is 0 Å². The van der Waals surface area contributed by atoms with Gasteiger partial charge >= 0.3 is 0 Å². The van der Waals surface area contributed by atoms with Crippen LogP contribution >= 0.6 is 0 Å². The molecule has 1 saturated heterocycles. The van der Waals surface area contributed by atoms with E-state index in [1.165, 1.54) is 0 Å². The molecule has 2 rings (SSSR count). The summed E-state index contributed by atoms with van der Waals surface area (Å²) in [6, 6.07) is 7.09. The highest BCUT2D eigenvalue weighted by molar-refractivity contribution is 5.94. The molecule has 1 unspecified atom stereocenters. The third-order valence-corrected chi connectivity index (χ3v) is 3.82. The van der Waals surface area contributed by atoms with Gasteiger partial charge in [-0.3, -0.25) is 4.79 Å². The number of rotatable bonds is 5. The van der Waals surface area contributed by atoms with Gasteiger partial charge in [-0.05, 0) is 37.1 Å². The lowest BCUT2D eigenvalue weighted by Crippen LogP contribution is -2.42. The first kappa shape index (κ1) is 15.6. The van der Waals surface area contributed by atoms with Crippen LogP contribution in [0, 0.1) is 0 Å². The standard InChI is InChI=1S/C17H23NO3/c1-2-12-21-16-9-7-14(8-10-16)17(20)18-11-5-3-4-6-15(18)13-19/h2,7-10,15,19H,1,3-6,11-13H2. The van der Waals surface area contributed by atoms with E-state index in [0.717, 1.165) is 38.0 Å². The minimum absolute atomic E-state index is 0.00813. The largest absolute Gasteiger partial charge is 0.490 e. The molecule has 0 bridgehead atoms. The molecular formula is C17H23NO3. The van der Waals surface area contributed by atoms with Gasteiger partial charge in [-0.1, -0.05) is 25.5 Å². The van der Waals surface area contributed by atoms with E-state index in [2.05, 4.69) is 6.58 Å². The number of likely N-dealkylation sites (tertiary alicyclic amines) is 1. The van der Waals surface area contributed by atoms with Crippen molar-refractivity contribution in [1.82, 2.24) is 4.90 Å². The Morgan fingerprint density at radius 2 is 2.10 bits per heavy atom. The van der Waals surface area contributed by atoms with Gasteiger partial charge in [-0.15, -0.1) is 0 Å². The quantitative estimate of drug-likeness (QED) is 0.848. The number of carbonyl (C=O) groups excluding carboxylic acids is 1. The Morgan fingerprint density at radius 1 is 1.33 bits per heavy atom. The summed E-state index contributed by atoms with van der Waals surface area (Å²) in [5.41, 5.74) is 0.640. The maximum atomic E-state index is 12.6. The summed E-state index contributed by atoms with van der Waals surface area (Å²) in [7, 11) is 0. The smallest absolute Gasteiger partial charge is 0.254 e. The fourth-order valence-corrected chi connectivity index (χ4v) is 2.65. The van der Waals surface area contributed by atoms with Crippen LogP contribution < -0.4 is 4.74 Å². The summed E-state index contributed by atoms with van der Waals surface area (Å²) in [6.07, 6.45) is 5.76. The molecule has 1 aliphatic heterocycles. The maximum Gasteiger partial charge on any atom is 0.254 e. The minimum atomic E-state index is -0.0586. The number of aliphatic hydroxyl groups excluding tert-OH is 1. The molecule has 0 saturated carbocycles. The van der Waals surface area contributed by atoms with E-state index in [4.69, 9.17) is 4.74 Å². The van der Waals surface area contributed by atoms with E-state index in [1.807, 2.05) is 4.90 Å². The van der Waals surface area contributed by atoms with Crippen molar-refractivity contribution in [3.05, 3.63) is 42.5 Å². The minimum Gasteiger partial charge on any atom is -0.490 e. The van der Waals surface area contributed by atoms with Gasteiger partial charge in [0.25, 0.3) is 5.91 Å². The summed E-state index contributed by atoms with van der Waals surface area (Å²) < 4.78 is 5.41. The molecule has 0 spiro atoms. The van der Waals surface area contributed by atoms with E-state index in [9.17, 15) is 9.90 Å². The van der Waals surface area contributed by atoms with Crippen LogP contribution in [0.5, 0.6) is 5.75 Å². The van der Waals surface area contributed by atoms with E-state index in [1.54, 1.807) is 30.3 Å². The topological polar surface area (TPSA) is 49.8 Å². The Hall–Kier alpha value is -1.81. The van der Waals surface area contributed by atoms with Crippen LogP contribution in [-0.2, 0) is 0 Å². The highest BCUT2D eigenvalue weighted by Crippen LogP contribution is 2.20. The van der Waals surface area contributed by atoms with Crippen molar-refractivity contribution >= 4 is 5.91 Å². The number of nitrogens with zero attached hydrogens (tertiary/aromatic N) is 1. The Bertz CT molecular complexity index is 469. The first-order valence-corrected chi connectivity index (χ1v) is 7.52. The molecule has 1 atom stereocenters. The van der Waals surface area contributed by atoms with Gasteiger partial charge in [-0.25, -0.2) is 0 Å². The third kappa shape index (κ3) is 4.08. The second-order valence-electron chi connectivity index (χ2n) is 5.31. The van der Waals surface area contributed by atoms with Crippen molar-refractivity contribution in [2.75, 3.05) is 19.8 Å². The molecule has 1 fully saturated rings. The summed E-state index contributed by atoms with van der Waals surface area (Å²) in [5.74, 6) is 0.715. The summed E-state index contributed by atoms with van der Waals surface area (Å²) >= 11 is 0. The van der Waals surface area contributed by atoms with Crippen LogP contribution in [0.4, 0.5) is 0 Å². The van der Waals surface area contributed by atoms with Crippen LogP contribution in [-0.4, -0.2) is 41.7 Å². The Kier molecular flexibility index (Phi) is 5.81. The number of ether oxygens (including phenoxy) is 1. The normalized spacial score (nSPS) is 18.9. The Balaban J connectivity index is 2.08. The monoisotopic (exact) mass is 289 g/mol. The lowest BCUT2D eigenvalue weighted by Gasteiger charge is -2.28. The molecule has 21 heavy (non-hydrogen) atoms. The Labute approximate surface area is 126 Å². The third-order valence-electron chi connectivity index (χ3n) is 3.82. The van der Waals surface area contributed by atoms with Crippen molar-refractivity contribution in [3.8, 4) is 5.75 Å². The predicted molar refractivity (Wildman–Crippen MR) is 82.5 cm³/mol. The molecule has 0 aliphatic carbocycles. The summed E-state index contributed by atoms with van der Waals surface area (Å²) in [4.78, 5) is 14.4. The fraction of sp³-hybridized carbons (Fsp3) is 0.471. The van der Waals surface area contributed by atoms with Gasteiger partial charge in [0.2, 0.25) is 0 Å². The summed E-state index contributed by atoms with van der Waals surface area (Å²) in [5, 5.41) is 9.50. The number of benzene rings is 1. The van der Waals surface area contributed by atoms with Gasteiger partial charge in [-0.2, -0.15) is 0 Å². The van der Waals surface area contributed by atoms with Gasteiger partial charge in [0.05, 0.1) is 12.6 Å². The number of carbonyl (C=O) groups is 1. The second-order valence-corrected chi connectivity index (χ2v) is 5.31. The van der Waals surface area contributed by atoms with Gasteiger partial charge < -0.3 is 14.7 Å². The molecule has 1 aromatic rings. The molecule has 114 valence electrons. The van der Waals surface area contributed by atoms with E-state index >= 15 is 0 Å². The fourth-order valence-electron chi connectivity index (χ4n) is 2.65.